The monoisotopic (exact) mass is 277 g/mol. The van der Waals surface area contributed by atoms with Crippen LogP contribution in [0.15, 0.2) is 41.0 Å². The number of nitrogens with one attached hydrogen (secondary N) is 1. The van der Waals surface area contributed by atoms with E-state index in [0.717, 1.165) is 35.7 Å². The van der Waals surface area contributed by atoms with E-state index in [-0.39, 0.29) is 6.04 Å². The van der Waals surface area contributed by atoms with E-state index in [9.17, 15) is 0 Å². The van der Waals surface area contributed by atoms with Gasteiger partial charge in [0.1, 0.15) is 5.76 Å². The Labute approximate surface area is 119 Å². The van der Waals surface area contributed by atoms with E-state index in [1.165, 1.54) is 5.56 Å². The summed E-state index contributed by atoms with van der Waals surface area (Å²) in [6.45, 7) is 5.17. The van der Waals surface area contributed by atoms with E-state index in [0.29, 0.717) is 0 Å². The first kappa shape index (κ1) is 14.2. The van der Waals surface area contributed by atoms with Gasteiger partial charge in [0.25, 0.3) is 0 Å². The van der Waals surface area contributed by atoms with Crippen molar-refractivity contribution >= 4 is 11.6 Å². The van der Waals surface area contributed by atoms with Crippen LogP contribution in [0.2, 0.25) is 5.02 Å². The van der Waals surface area contributed by atoms with Crippen LogP contribution in [0.25, 0.3) is 0 Å². The SMILES string of the molecule is CCCNC(Cc1ccco1)c1ccc(C)c(Cl)c1. The van der Waals surface area contributed by atoms with Gasteiger partial charge in [-0.05, 0) is 49.2 Å². The third kappa shape index (κ3) is 3.85. The molecule has 102 valence electrons. The molecule has 2 aromatic rings. The predicted octanol–water partition coefficient (Wildman–Crippen LogP) is 4.52. The molecule has 1 atom stereocenters. The zero-order valence-electron chi connectivity index (χ0n) is 11.4. The van der Waals surface area contributed by atoms with Crippen molar-refractivity contribution < 1.29 is 4.42 Å². The van der Waals surface area contributed by atoms with Crippen molar-refractivity contribution in [1.29, 1.82) is 0 Å². The molecular weight excluding hydrogens is 258 g/mol. The molecule has 1 N–H and O–H groups in total. The standard InChI is InChI=1S/C16H20ClNO/c1-3-8-18-16(11-14-5-4-9-19-14)13-7-6-12(2)15(17)10-13/h4-7,9-10,16,18H,3,8,11H2,1-2H3. The molecule has 1 unspecified atom stereocenters. The summed E-state index contributed by atoms with van der Waals surface area (Å²) >= 11 is 6.22. The lowest BCUT2D eigenvalue weighted by Crippen LogP contribution is -2.24. The van der Waals surface area contributed by atoms with Crippen molar-refractivity contribution in [3.8, 4) is 0 Å². The van der Waals surface area contributed by atoms with Gasteiger partial charge in [0.15, 0.2) is 0 Å². The van der Waals surface area contributed by atoms with E-state index in [2.05, 4.69) is 24.4 Å². The van der Waals surface area contributed by atoms with Crippen molar-refractivity contribution in [3.05, 3.63) is 58.5 Å². The summed E-state index contributed by atoms with van der Waals surface area (Å²) in [5.74, 6) is 0.991. The number of halogens is 1. The van der Waals surface area contributed by atoms with Gasteiger partial charge in [0, 0.05) is 17.5 Å². The molecule has 0 saturated carbocycles. The fraction of sp³-hybridized carbons (Fsp3) is 0.375. The molecule has 19 heavy (non-hydrogen) atoms. The Bertz CT molecular complexity index is 507. The Morgan fingerprint density at radius 1 is 1.32 bits per heavy atom. The molecule has 0 aliphatic heterocycles. The van der Waals surface area contributed by atoms with Crippen molar-refractivity contribution in [1.82, 2.24) is 5.32 Å². The first-order valence-corrected chi connectivity index (χ1v) is 7.10. The number of benzene rings is 1. The van der Waals surface area contributed by atoms with Crippen molar-refractivity contribution in [2.75, 3.05) is 6.54 Å². The van der Waals surface area contributed by atoms with Crippen molar-refractivity contribution in [2.45, 2.75) is 32.7 Å². The molecular formula is C16H20ClNO. The lowest BCUT2D eigenvalue weighted by molar-refractivity contribution is 0.449. The second-order valence-electron chi connectivity index (χ2n) is 4.80. The van der Waals surface area contributed by atoms with Gasteiger partial charge in [-0.15, -0.1) is 0 Å². The third-order valence-electron chi connectivity index (χ3n) is 3.22. The second kappa shape index (κ2) is 6.78. The van der Waals surface area contributed by atoms with Gasteiger partial charge in [0.05, 0.1) is 6.26 Å². The summed E-state index contributed by atoms with van der Waals surface area (Å²) < 4.78 is 5.45. The van der Waals surface area contributed by atoms with E-state index >= 15 is 0 Å². The summed E-state index contributed by atoms with van der Waals surface area (Å²) in [4.78, 5) is 0. The van der Waals surface area contributed by atoms with Gasteiger partial charge in [-0.2, -0.15) is 0 Å². The predicted molar refractivity (Wildman–Crippen MR) is 79.6 cm³/mol. The van der Waals surface area contributed by atoms with E-state index in [4.69, 9.17) is 16.0 Å². The van der Waals surface area contributed by atoms with Crippen LogP contribution in [-0.4, -0.2) is 6.54 Å². The molecule has 0 aliphatic rings. The summed E-state index contributed by atoms with van der Waals surface area (Å²) in [7, 11) is 0. The van der Waals surface area contributed by atoms with Gasteiger partial charge in [-0.3, -0.25) is 0 Å². The number of furan rings is 1. The Morgan fingerprint density at radius 2 is 2.16 bits per heavy atom. The molecule has 2 nitrogen and oxygen atoms in total. The fourth-order valence-corrected chi connectivity index (χ4v) is 2.27. The van der Waals surface area contributed by atoms with Crippen molar-refractivity contribution in [3.63, 3.8) is 0 Å². The van der Waals surface area contributed by atoms with Gasteiger partial charge >= 0.3 is 0 Å². The Morgan fingerprint density at radius 3 is 2.79 bits per heavy atom. The molecule has 0 radical (unpaired) electrons. The van der Waals surface area contributed by atoms with Crippen LogP contribution in [-0.2, 0) is 6.42 Å². The molecule has 0 spiro atoms. The van der Waals surface area contributed by atoms with E-state index < -0.39 is 0 Å². The summed E-state index contributed by atoms with van der Waals surface area (Å²) in [6.07, 6.45) is 3.66. The van der Waals surface area contributed by atoms with Crippen LogP contribution in [0, 0.1) is 6.92 Å². The number of hydrogen-bond acceptors (Lipinski definition) is 2. The maximum Gasteiger partial charge on any atom is 0.105 e. The largest absolute Gasteiger partial charge is 0.469 e. The van der Waals surface area contributed by atoms with Crippen LogP contribution in [0.5, 0.6) is 0 Å². The molecule has 1 aromatic carbocycles. The Hall–Kier alpha value is -1.25. The highest BCUT2D eigenvalue weighted by Crippen LogP contribution is 2.24. The highest BCUT2D eigenvalue weighted by Gasteiger charge is 2.14. The smallest absolute Gasteiger partial charge is 0.105 e. The quantitative estimate of drug-likeness (QED) is 0.839. The summed E-state index contributed by atoms with van der Waals surface area (Å²) in [5, 5.41) is 4.37. The second-order valence-corrected chi connectivity index (χ2v) is 5.21. The minimum Gasteiger partial charge on any atom is -0.469 e. The average molecular weight is 278 g/mol. The fourth-order valence-electron chi connectivity index (χ4n) is 2.08. The number of hydrogen-bond donors (Lipinski definition) is 1. The molecule has 1 heterocycles. The van der Waals surface area contributed by atoms with Crippen LogP contribution < -0.4 is 5.32 Å². The van der Waals surface area contributed by atoms with Crippen LogP contribution in [0.1, 0.15) is 36.3 Å². The molecule has 3 heteroatoms. The zero-order chi connectivity index (χ0) is 13.7. The minimum absolute atomic E-state index is 0.240. The van der Waals surface area contributed by atoms with Gasteiger partial charge in [-0.1, -0.05) is 30.7 Å². The molecule has 1 aromatic heterocycles. The van der Waals surface area contributed by atoms with E-state index in [1.54, 1.807) is 6.26 Å². The molecule has 0 aliphatic carbocycles. The number of aryl methyl sites for hydroxylation is 1. The summed E-state index contributed by atoms with van der Waals surface area (Å²) in [6, 6.07) is 10.4. The van der Waals surface area contributed by atoms with Crippen LogP contribution >= 0.6 is 11.6 Å². The normalized spacial score (nSPS) is 12.6. The van der Waals surface area contributed by atoms with Crippen LogP contribution in [0.3, 0.4) is 0 Å². The average Bonchev–Trinajstić information content (AvgIpc) is 2.91. The van der Waals surface area contributed by atoms with Crippen LogP contribution in [0.4, 0.5) is 0 Å². The highest BCUT2D eigenvalue weighted by atomic mass is 35.5. The lowest BCUT2D eigenvalue weighted by atomic mass is 10.0. The maximum atomic E-state index is 6.22. The first-order valence-electron chi connectivity index (χ1n) is 6.72. The Kier molecular flexibility index (Phi) is 5.06. The van der Waals surface area contributed by atoms with Crippen molar-refractivity contribution in [2.24, 2.45) is 0 Å². The highest BCUT2D eigenvalue weighted by molar-refractivity contribution is 6.31. The molecule has 0 amide bonds. The zero-order valence-corrected chi connectivity index (χ0v) is 12.2. The van der Waals surface area contributed by atoms with Gasteiger partial charge in [-0.25, -0.2) is 0 Å². The molecule has 0 saturated heterocycles. The minimum atomic E-state index is 0.240. The lowest BCUT2D eigenvalue weighted by Gasteiger charge is -2.18. The van der Waals surface area contributed by atoms with E-state index in [1.807, 2.05) is 25.1 Å². The third-order valence-corrected chi connectivity index (χ3v) is 3.63. The van der Waals surface area contributed by atoms with Gasteiger partial charge < -0.3 is 9.73 Å². The molecule has 0 fully saturated rings. The summed E-state index contributed by atoms with van der Waals surface area (Å²) in [5.41, 5.74) is 2.32. The topological polar surface area (TPSA) is 25.2 Å². The van der Waals surface area contributed by atoms with Gasteiger partial charge in [0.2, 0.25) is 0 Å². The molecule has 0 bridgehead atoms. The maximum absolute atomic E-state index is 6.22. The number of rotatable bonds is 6. The molecule has 2 rings (SSSR count). The first-order chi connectivity index (χ1) is 9.20. The Balaban J connectivity index is 2.18.